The lowest BCUT2D eigenvalue weighted by Gasteiger charge is -2.04. The lowest BCUT2D eigenvalue weighted by atomic mass is 10.2. The van der Waals surface area contributed by atoms with E-state index in [1.54, 1.807) is 18.5 Å². The number of carbonyl (C=O) groups excluding carboxylic acids is 1. The summed E-state index contributed by atoms with van der Waals surface area (Å²) in [7, 11) is 0. The minimum Gasteiger partial charge on any atom is -0.371 e. The van der Waals surface area contributed by atoms with Gasteiger partial charge in [-0.3, -0.25) is 4.79 Å². The Morgan fingerprint density at radius 1 is 1.36 bits per heavy atom. The molecule has 0 bridgehead atoms. The number of aromatic nitrogens is 4. The van der Waals surface area contributed by atoms with Crippen molar-refractivity contribution in [1.29, 1.82) is 0 Å². The summed E-state index contributed by atoms with van der Waals surface area (Å²) in [6.45, 7) is 1.21. The van der Waals surface area contributed by atoms with Gasteiger partial charge in [0, 0.05) is 32.0 Å². The summed E-state index contributed by atoms with van der Waals surface area (Å²) >= 11 is 1.36. The van der Waals surface area contributed by atoms with Crippen LogP contribution in [-0.2, 0) is 9.53 Å². The monoisotopic (exact) mass is 320 g/mol. The number of nitrogens with zero attached hydrogens (tertiary/aromatic N) is 4. The minimum atomic E-state index is -0.126. The van der Waals surface area contributed by atoms with Crippen LogP contribution in [0.2, 0.25) is 0 Å². The fraction of sp³-hybridized carbons (Fsp3) is 0.462. The highest BCUT2D eigenvalue weighted by Gasteiger charge is 2.22. The van der Waals surface area contributed by atoms with Gasteiger partial charge in [-0.2, -0.15) is 0 Å². The first kappa shape index (κ1) is 14.8. The Morgan fingerprint density at radius 2 is 2.23 bits per heavy atom. The molecule has 0 spiro atoms. The topological polar surface area (TPSA) is 102 Å². The Morgan fingerprint density at radius 3 is 3.00 bits per heavy atom. The number of carbonyl (C=O) groups is 1. The SMILES string of the molecule is O=C(CCNc1ncccn1)Nc1nnc([C@@H]2CCCO2)s1. The molecule has 1 atom stereocenters. The zero-order valence-electron chi connectivity index (χ0n) is 11.9. The first-order valence-electron chi connectivity index (χ1n) is 7.07. The van der Waals surface area contributed by atoms with Gasteiger partial charge in [-0.05, 0) is 18.9 Å². The highest BCUT2D eigenvalue weighted by molar-refractivity contribution is 7.15. The predicted molar refractivity (Wildman–Crippen MR) is 81.6 cm³/mol. The number of nitrogens with one attached hydrogen (secondary N) is 2. The maximum atomic E-state index is 11.8. The van der Waals surface area contributed by atoms with Crippen molar-refractivity contribution >= 4 is 28.3 Å². The van der Waals surface area contributed by atoms with Crippen LogP contribution in [0.4, 0.5) is 11.1 Å². The Kier molecular flexibility index (Phi) is 4.86. The van der Waals surface area contributed by atoms with Gasteiger partial charge >= 0.3 is 0 Å². The fourth-order valence-corrected chi connectivity index (χ4v) is 2.89. The van der Waals surface area contributed by atoms with Gasteiger partial charge in [0.1, 0.15) is 11.1 Å². The van der Waals surface area contributed by atoms with Crippen LogP contribution < -0.4 is 10.6 Å². The van der Waals surface area contributed by atoms with Gasteiger partial charge < -0.3 is 15.4 Å². The van der Waals surface area contributed by atoms with E-state index in [1.165, 1.54) is 11.3 Å². The third-order valence-corrected chi connectivity index (χ3v) is 4.02. The van der Waals surface area contributed by atoms with Gasteiger partial charge in [0.2, 0.25) is 17.0 Å². The van der Waals surface area contributed by atoms with Crippen molar-refractivity contribution in [3.05, 3.63) is 23.5 Å². The van der Waals surface area contributed by atoms with E-state index in [9.17, 15) is 4.79 Å². The van der Waals surface area contributed by atoms with E-state index in [0.717, 1.165) is 24.5 Å². The molecule has 116 valence electrons. The van der Waals surface area contributed by atoms with Gasteiger partial charge in [0.15, 0.2) is 0 Å². The highest BCUT2D eigenvalue weighted by atomic mass is 32.1. The summed E-state index contributed by atoms with van der Waals surface area (Å²) < 4.78 is 5.54. The molecule has 2 N–H and O–H groups in total. The molecule has 0 aromatic carbocycles. The Hall–Kier alpha value is -2.13. The Bertz CT molecular complexity index is 614. The maximum absolute atomic E-state index is 11.8. The zero-order chi connectivity index (χ0) is 15.2. The molecule has 9 heteroatoms. The molecule has 0 unspecified atom stereocenters. The summed E-state index contributed by atoms with van der Waals surface area (Å²) in [6, 6.07) is 1.74. The molecule has 8 nitrogen and oxygen atoms in total. The van der Waals surface area contributed by atoms with Gasteiger partial charge in [0.25, 0.3) is 0 Å². The van der Waals surface area contributed by atoms with Crippen LogP contribution in [0.1, 0.15) is 30.4 Å². The van der Waals surface area contributed by atoms with E-state index in [-0.39, 0.29) is 12.0 Å². The third-order valence-electron chi connectivity index (χ3n) is 3.09. The Labute approximate surface area is 131 Å². The summed E-state index contributed by atoms with van der Waals surface area (Å²) in [5.74, 6) is 0.380. The van der Waals surface area contributed by atoms with E-state index in [2.05, 4.69) is 30.8 Å². The van der Waals surface area contributed by atoms with E-state index >= 15 is 0 Å². The second-order valence-corrected chi connectivity index (χ2v) is 5.75. The number of amides is 1. The molecule has 3 heterocycles. The number of anilines is 2. The van der Waals surface area contributed by atoms with Crippen molar-refractivity contribution in [1.82, 2.24) is 20.2 Å². The smallest absolute Gasteiger partial charge is 0.227 e. The highest BCUT2D eigenvalue weighted by Crippen LogP contribution is 2.31. The van der Waals surface area contributed by atoms with E-state index in [0.29, 0.717) is 24.0 Å². The predicted octanol–water partition coefficient (Wildman–Crippen LogP) is 1.62. The molecule has 0 radical (unpaired) electrons. The van der Waals surface area contributed by atoms with Crippen LogP contribution in [0.3, 0.4) is 0 Å². The van der Waals surface area contributed by atoms with Crippen LogP contribution in [0, 0.1) is 0 Å². The van der Waals surface area contributed by atoms with Crippen LogP contribution in [0.25, 0.3) is 0 Å². The molecular weight excluding hydrogens is 304 g/mol. The first-order chi connectivity index (χ1) is 10.8. The van der Waals surface area contributed by atoms with Crippen molar-refractivity contribution in [3.8, 4) is 0 Å². The van der Waals surface area contributed by atoms with Crippen molar-refractivity contribution < 1.29 is 9.53 Å². The van der Waals surface area contributed by atoms with Gasteiger partial charge in [-0.1, -0.05) is 11.3 Å². The minimum absolute atomic E-state index is 0.0278. The molecule has 1 saturated heterocycles. The summed E-state index contributed by atoms with van der Waals surface area (Å²) in [6.07, 6.45) is 5.61. The second-order valence-electron chi connectivity index (χ2n) is 4.74. The molecule has 1 aliphatic rings. The number of hydrogen-bond donors (Lipinski definition) is 2. The van der Waals surface area contributed by atoms with E-state index < -0.39 is 0 Å². The average molecular weight is 320 g/mol. The van der Waals surface area contributed by atoms with Crippen molar-refractivity contribution in [3.63, 3.8) is 0 Å². The number of rotatable bonds is 6. The summed E-state index contributed by atoms with van der Waals surface area (Å²) in [5.41, 5.74) is 0. The van der Waals surface area contributed by atoms with Crippen LogP contribution in [-0.4, -0.2) is 39.2 Å². The van der Waals surface area contributed by atoms with Gasteiger partial charge in [-0.25, -0.2) is 9.97 Å². The Balaban J connectivity index is 1.43. The first-order valence-corrected chi connectivity index (χ1v) is 7.88. The molecular formula is C13H16N6O2S. The standard InChI is InChI=1S/C13H16N6O2S/c20-10(4-7-16-12-14-5-2-6-15-12)17-13-19-18-11(22-13)9-3-1-8-21-9/h2,5-6,9H,1,3-4,7-8H2,(H,14,15,16)(H,17,19,20)/t9-/m0/s1. The zero-order valence-corrected chi connectivity index (χ0v) is 12.7. The van der Waals surface area contributed by atoms with Crippen molar-refractivity contribution in [2.45, 2.75) is 25.4 Å². The van der Waals surface area contributed by atoms with Crippen molar-refractivity contribution in [2.75, 3.05) is 23.8 Å². The van der Waals surface area contributed by atoms with Crippen LogP contribution >= 0.6 is 11.3 Å². The lowest BCUT2D eigenvalue weighted by Crippen LogP contribution is -2.16. The van der Waals surface area contributed by atoms with Gasteiger partial charge in [0.05, 0.1) is 0 Å². The molecule has 22 heavy (non-hydrogen) atoms. The van der Waals surface area contributed by atoms with Crippen molar-refractivity contribution in [2.24, 2.45) is 0 Å². The van der Waals surface area contributed by atoms with Crippen LogP contribution in [0.15, 0.2) is 18.5 Å². The largest absolute Gasteiger partial charge is 0.371 e. The fourth-order valence-electron chi connectivity index (χ4n) is 2.05. The van der Waals surface area contributed by atoms with Crippen LogP contribution in [0.5, 0.6) is 0 Å². The molecule has 0 aliphatic carbocycles. The number of hydrogen-bond acceptors (Lipinski definition) is 8. The summed E-state index contributed by atoms with van der Waals surface area (Å²) in [5, 5.41) is 15.1. The third kappa shape index (κ3) is 3.95. The average Bonchev–Trinajstić information content (AvgIpc) is 3.19. The normalized spacial score (nSPS) is 17.4. The molecule has 1 amide bonds. The molecule has 2 aromatic rings. The number of ether oxygens (including phenoxy) is 1. The van der Waals surface area contributed by atoms with E-state index in [1.807, 2.05) is 0 Å². The molecule has 2 aromatic heterocycles. The maximum Gasteiger partial charge on any atom is 0.227 e. The molecule has 0 saturated carbocycles. The summed E-state index contributed by atoms with van der Waals surface area (Å²) in [4.78, 5) is 19.9. The molecule has 1 fully saturated rings. The van der Waals surface area contributed by atoms with Gasteiger partial charge in [-0.15, -0.1) is 10.2 Å². The quantitative estimate of drug-likeness (QED) is 0.833. The molecule has 1 aliphatic heterocycles. The lowest BCUT2D eigenvalue weighted by molar-refractivity contribution is -0.115. The molecule has 3 rings (SSSR count). The van der Waals surface area contributed by atoms with E-state index in [4.69, 9.17) is 4.74 Å². The second kappa shape index (κ2) is 7.23.